The van der Waals surface area contributed by atoms with Crippen LogP contribution in [0.25, 0.3) is 0 Å². The van der Waals surface area contributed by atoms with E-state index in [0.29, 0.717) is 0 Å². The fourth-order valence-corrected chi connectivity index (χ4v) is 0. The average Bonchev–Trinajstić information content (AvgIpc) is 1.46. The maximum Gasteiger partial charge on any atom is -0.0106 e. The van der Waals surface area contributed by atoms with Gasteiger partial charge in [-0.25, -0.2) is 0 Å². The van der Waals surface area contributed by atoms with Gasteiger partial charge in [-0.2, -0.15) is 0 Å². The zero-order valence-electron chi connectivity index (χ0n) is 3.86. The van der Waals surface area contributed by atoms with Crippen molar-refractivity contribution in [3.63, 3.8) is 0 Å². The second-order valence-electron chi connectivity index (χ2n) is 0.408. The van der Waals surface area contributed by atoms with Crippen LogP contribution in [0.2, 0.25) is 0 Å². The van der Waals surface area contributed by atoms with E-state index in [-0.39, 0.29) is 0 Å². The van der Waals surface area contributed by atoms with Crippen molar-refractivity contribution in [1.82, 2.24) is 0 Å². The second kappa shape index (κ2) is 39.5. The Bertz CT molecular complexity index is 4.85. The van der Waals surface area contributed by atoms with Gasteiger partial charge in [0.05, 0.1) is 0 Å². The van der Waals surface area contributed by atoms with E-state index >= 15 is 0 Å². The molecule has 0 aliphatic carbocycles. The zero-order chi connectivity index (χ0) is 4.71. The molecule has 0 unspecified atom stereocenters. The van der Waals surface area contributed by atoms with Gasteiger partial charge in [-0.1, -0.05) is 6.92 Å². The monoisotopic (exact) mass is 76.1 g/mol. The first-order chi connectivity index (χ1) is 2.41. The van der Waals surface area contributed by atoms with E-state index < -0.39 is 0 Å². The smallest absolute Gasteiger partial charge is 0.0106 e. The number of rotatable bonds is 0. The molecule has 0 atom stereocenters. The maximum absolute atomic E-state index is 4.85. The molecule has 0 fully saturated rings. The van der Waals surface area contributed by atoms with Crippen molar-refractivity contribution in [2.45, 2.75) is 6.92 Å². The molecule has 0 rings (SSSR count). The van der Waals surface area contributed by atoms with Crippen molar-refractivity contribution in [1.29, 1.82) is 0 Å². The highest BCUT2D eigenvalue weighted by Crippen LogP contribution is 1.20. The van der Waals surface area contributed by atoms with Crippen LogP contribution in [0.1, 0.15) is 6.92 Å². The number of nitrogens with two attached hydrogens (primary N) is 2. The quantitative estimate of drug-likeness (QED) is 0.410. The molecule has 0 radical (unpaired) electrons. The van der Waals surface area contributed by atoms with E-state index in [4.69, 9.17) is 5.73 Å². The lowest BCUT2D eigenvalue weighted by Gasteiger charge is -1.53. The van der Waals surface area contributed by atoms with E-state index in [2.05, 4.69) is 5.73 Å². The molecular weight excluding hydrogens is 64.0 g/mol. The molecule has 2 nitrogen and oxygen atoms in total. The molecule has 5 heavy (non-hydrogen) atoms. The summed E-state index contributed by atoms with van der Waals surface area (Å²) in [7, 11) is 1.50. The minimum atomic E-state index is 0.750. The Balaban J connectivity index is 0. The van der Waals surface area contributed by atoms with Crippen LogP contribution in [0.3, 0.4) is 0 Å². The first-order valence-corrected chi connectivity index (χ1v) is 1.69. The third-order valence-corrected chi connectivity index (χ3v) is 0. The van der Waals surface area contributed by atoms with Gasteiger partial charge in [0, 0.05) is 0 Å². The minimum absolute atomic E-state index is 0.750. The van der Waals surface area contributed by atoms with Crippen LogP contribution in [-0.2, 0) is 0 Å². The zero-order valence-corrected chi connectivity index (χ0v) is 3.86. The lowest BCUT2D eigenvalue weighted by Crippen LogP contribution is -1.87. The molecule has 2 heteroatoms. The highest BCUT2D eigenvalue weighted by atomic mass is 14.5. The van der Waals surface area contributed by atoms with Crippen molar-refractivity contribution in [2.75, 3.05) is 13.6 Å². The molecule has 0 spiro atoms. The highest BCUT2D eigenvalue weighted by Gasteiger charge is 1.32. The molecule has 0 aromatic rings. The van der Waals surface area contributed by atoms with Crippen LogP contribution in [0.5, 0.6) is 0 Å². The van der Waals surface area contributed by atoms with Crippen LogP contribution in [0.4, 0.5) is 0 Å². The largest absolute Gasteiger partial charge is 0.333 e. The summed E-state index contributed by atoms with van der Waals surface area (Å²) in [4.78, 5) is 0. The van der Waals surface area contributed by atoms with Gasteiger partial charge in [-0.15, -0.1) is 0 Å². The normalized spacial score (nSPS) is 4.80. The third kappa shape index (κ3) is 2260. The van der Waals surface area contributed by atoms with Crippen LogP contribution >= 0.6 is 0 Å². The summed E-state index contributed by atoms with van der Waals surface area (Å²) in [6.45, 7) is 2.65. The van der Waals surface area contributed by atoms with E-state index in [1.807, 2.05) is 6.92 Å². The van der Waals surface area contributed by atoms with Crippen molar-refractivity contribution in [3.8, 4) is 0 Å². The minimum Gasteiger partial charge on any atom is -0.333 e. The first kappa shape index (κ1) is 8.87. The molecule has 0 aromatic heterocycles. The first-order valence-electron chi connectivity index (χ1n) is 1.69. The molecule has 4 N–H and O–H groups in total. The molecule has 0 heterocycles. The highest BCUT2D eigenvalue weighted by molar-refractivity contribution is 4.00. The molecule has 34 valence electrons. The van der Waals surface area contributed by atoms with Crippen LogP contribution < -0.4 is 11.5 Å². The van der Waals surface area contributed by atoms with Crippen molar-refractivity contribution in [2.24, 2.45) is 11.5 Å². The summed E-state index contributed by atoms with van der Waals surface area (Å²) in [5.74, 6) is 0. The molecule has 0 saturated heterocycles. The van der Waals surface area contributed by atoms with Gasteiger partial charge in [-0.05, 0) is 13.6 Å². The van der Waals surface area contributed by atoms with Gasteiger partial charge in [-0.3, -0.25) is 0 Å². The molecule has 0 aliphatic heterocycles. The van der Waals surface area contributed by atoms with E-state index in [1.54, 1.807) is 0 Å². The molecule has 0 bridgehead atoms. The van der Waals surface area contributed by atoms with Crippen LogP contribution in [-0.4, -0.2) is 13.6 Å². The molecule has 0 amide bonds. The Morgan fingerprint density at radius 1 is 1.40 bits per heavy atom. The predicted molar refractivity (Wildman–Crippen MR) is 24.8 cm³/mol. The Hall–Kier alpha value is -0.0800. The second-order valence-corrected chi connectivity index (χ2v) is 0.408. The third-order valence-electron chi connectivity index (χ3n) is 0. The standard InChI is InChI=1S/C2H7N.CH5N/c1-2-3;1-2/h2-3H2,1H3;2H2,1H3. The summed E-state index contributed by atoms with van der Waals surface area (Å²) in [6, 6.07) is 0. The van der Waals surface area contributed by atoms with Gasteiger partial charge in [0.2, 0.25) is 0 Å². The van der Waals surface area contributed by atoms with Crippen LogP contribution in [0, 0.1) is 0 Å². The number of hydrogen-bond donors (Lipinski definition) is 2. The van der Waals surface area contributed by atoms with Gasteiger partial charge < -0.3 is 11.5 Å². The Morgan fingerprint density at radius 3 is 1.40 bits per heavy atom. The molecule has 0 aliphatic rings. The van der Waals surface area contributed by atoms with Gasteiger partial charge >= 0.3 is 0 Å². The van der Waals surface area contributed by atoms with Gasteiger partial charge in [0.1, 0.15) is 0 Å². The molecule has 0 saturated carbocycles. The lowest BCUT2D eigenvalue weighted by atomic mass is 10.8. The van der Waals surface area contributed by atoms with Crippen molar-refractivity contribution in [3.05, 3.63) is 0 Å². The van der Waals surface area contributed by atoms with Gasteiger partial charge in [0.25, 0.3) is 0 Å². The fourth-order valence-electron chi connectivity index (χ4n) is 0. The molecule has 0 aromatic carbocycles. The Kier molecular flexibility index (Phi) is 70.0. The summed E-state index contributed by atoms with van der Waals surface area (Å²) >= 11 is 0. The number of hydrogen-bond acceptors (Lipinski definition) is 2. The fraction of sp³-hybridized carbons (Fsp3) is 1.00. The summed E-state index contributed by atoms with van der Waals surface area (Å²) in [5.41, 5.74) is 9.35. The molecular formula is C3H12N2. The van der Waals surface area contributed by atoms with Crippen molar-refractivity contribution >= 4 is 0 Å². The lowest BCUT2D eigenvalue weighted by molar-refractivity contribution is 1.14. The average molecular weight is 76.1 g/mol. The van der Waals surface area contributed by atoms with E-state index in [0.717, 1.165) is 6.54 Å². The van der Waals surface area contributed by atoms with Crippen LogP contribution in [0.15, 0.2) is 0 Å². The van der Waals surface area contributed by atoms with Gasteiger partial charge in [0.15, 0.2) is 0 Å². The van der Waals surface area contributed by atoms with Crippen molar-refractivity contribution < 1.29 is 0 Å². The SMILES string of the molecule is CCN.CN. The van der Waals surface area contributed by atoms with E-state index in [1.165, 1.54) is 7.05 Å². The summed E-state index contributed by atoms with van der Waals surface area (Å²) < 4.78 is 0. The summed E-state index contributed by atoms with van der Waals surface area (Å²) in [5, 5.41) is 0. The topological polar surface area (TPSA) is 52.0 Å². The maximum atomic E-state index is 4.85. The Morgan fingerprint density at radius 2 is 1.40 bits per heavy atom. The Labute approximate surface area is 33.2 Å². The summed E-state index contributed by atoms with van der Waals surface area (Å²) in [6.07, 6.45) is 0. The van der Waals surface area contributed by atoms with E-state index in [9.17, 15) is 0 Å². The predicted octanol–water partition coefficient (Wildman–Crippen LogP) is -0.460.